The van der Waals surface area contributed by atoms with E-state index in [1.165, 1.54) is 13.3 Å². The summed E-state index contributed by atoms with van der Waals surface area (Å²) >= 11 is 0. The van der Waals surface area contributed by atoms with Gasteiger partial charge in [0, 0.05) is 33.0 Å². The minimum atomic E-state index is -0.416. The summed E-state index contributed by atoms with van der Waals surface area (Å²) in [6.07, 6.45) is 1.64. The predicted octanol–water partition coefficient (Wildman–Crippen LogP) is -1.66. The number of hydrogen-bond acceptors (Lipinski definition) is 6. The molecule has 0 saturated carbocycles. The van der Waals surface area contributed by atoms with E-state index in [4.69, 9.17) is 5.73 Å². The molecule has 5 N–H and O–H groups in total. The molecule has 0 radical (unpaired) electrons. The Kier molecular flexibility index (Phi) is 4.71. The van der Waals surface area contributed by atoms with Crippen molar-refractivity contribution >= 4 is 28.9 Å². The maximum atomic E-state index is 11.7. The molecule has 0 atom stereocenters. The van der Waals surface area contributed by atoms with Gasteiger partial charge in [0.1, 0.15) is 0 Å². The van der Waals surface area contributed by atoms with Crippen molar-refractivity contribution < 1.29 is 9.59 Å². The first-order chi connectivity index (χ1) is 10.5. The van der Waals surface area contributed by atoms with Crippen LogP contribution in [0.1, 0.15) is 13.3 Å². The lowest BCUT2D eigenvalue weighted by Crippen LogP contribution is -2.33. The van der Waals surface area contributed by atoms with Crippen LogP contribution in [0.2, 0.25) is 0 Å². The first-order valence-electron chi connectivity index (χ1n) is 6.69. The third kappa shape index (κ3) is 3.81. The molecule has 0 unspecified atom stereocenters. The van der Waals surface area contributed by atoms with Crippen molar-refractivity contribution in [3.63, 3.8) is 0 Å². The van der Waals surface area contributed by atoms with Crippen LogP contribution in [0.5, 0.6) is 0 Å². The van der Waals surface area contributed by atoms with Crippen molar-refractivity contribution in [1.29, 1.82) is 0 Å². The number of aromatic nitrogens is 4. The third-order valence-corrected chi connectivity index (χ3v) is 2.89. The molecular weight excluding hydrogens is 290 g/mol. The largest absolute Gasteiger partial charge is 0.369 e. The van der Waals surface area contributed by atoms with Gasteiger partial charge in [0.2, 0.25) is 17.8 Å². The number of aromatic amines is 1. The van der Waals surface area contributed by atoms with E-state index in [-0.39, 0.29) is 29.7 Å². The summed E-state index contributed by atoms with van der Waals surface area (Å²) in [5, 5.41) is 5.25. The van der Waals surface area contributed by atoms with Crippen LogP contribution in [0.4, 0.5) is 5.95 Å². The highest BCUT2D eigenvalue weighted by Gasteiger charge is 2.10. The van der Waals surface area contributed by atoms with Crippen LogP contribution < -0.4 is 21.9 Å². The average Bonchev–Trinajstić information content (AvgIpc) is 2.84. The molecule has 0 aliphatic heterocycles. The third-order valence-electron chi connectivity index (χ3n) is 2.89. The molecule has 22 heavy (non-hydrogen) atoms. The number of nitrogens with zero attached hydrogens (tertiary/aromatic N) is 3. The number of carbonyl (C=O) groups is 2. The molecule has 2 aromatic heterocycles. The predicted molar refractivity (Wildman–Crippen MR) is 78.9 cm³/mol. The second-order valence-corrected chi connectivity index (χ2v) is 4.64. The highest BCUT2D eigenvalue weighted by atomic mass is 16.2. The molecule has 0 saturated heterocycles. The molecular formula is C12H17N7O3. The van der Waals surface area contributed by atoms with Crippen LogP contribution >= 0.6 is 0 Å². The average molecular weight is 307 g/mol. The number of fused-ring (bicyclic) bond motifs is 1. The molecule has 0 fully saturated rings. The number of nitrogens with two attached hydrogens (primary N) is 1. The number of aryl methyl sites for hydroxylation is 1. The van der Waals surface area contributed by atoms with Gasteiger partial charge in [-0.05, 0) is 0 Å². The Balaban J connectivity index is 1.90. The summed E-state index contributed by atoms with van der Waals surface area (Å²) in [6.45, 7) is 2.46. The van der Waals surface area contributed by atoms with E-state index in [0.29, 0.717) is 25.3 Å². The van der Waals surface area contributed by atoms with Gasteiger partial charge in [-0.2, -0.15) is 4.98 Å². The van der Waals surface area contributed by atoms with Gasteiger partial charge in [0.25, 0.3) is 5.56 Å². The summed E-state index contributed by atoms with van der Waals surface area (Å²) < 4.78 is 1.59. The van der Waals surface area contributed by atoms with Gasteiger partial charge in [0.05, 0.1) is 6.33 Å². The minimum absolute atomic E-state index is 0.000918. The van der Waals surface area contributed by atoms with Crippen LogP contribution in [0.25, 0.3) is 11.2 Å². The molecule has 0 aliphatic carbocycles. The maximum Gasteiger partial charge on any atom is 0.280 e. The Labute approximate surface area is 125 Å². The summed E-state index contributed by atoms with van der Waals surface area (Å²) in [5.41, 5.74) is 5.60. The van der Waals surface area contributed by atoms with E-state index in [0.717, 1.165) is 0 Å². The summed E-state index contributed by atoms with van der Waals surface area (Å²) in [4.78, 5) is 44.3. The van der Waals surface area contributed by atoms with Crippen molar-refractivity contribution in [2.45, 2.75) is 19.9 Å². The Bertz CT molecular complexity index is 749. The standard InChI is InChI=1S/C12H17N7O3/c1-7(20)14-3-4-15-8(21)2-5-19-6-16-9-10(19)17-12(13)18-11(9)22/h6H,2-5H2,1H3,(H,14,20)(H,15,21)(H3,13,17,18,22). The zero-order valence-electron chi connectivity index (χ0n) is 12.0. The monoisotopic (exact) mass is 307 g/mol. The summed E-state index contributed by atoms with van der Waals surface area (Å²) in [5.74, 6) is -0.322. The van der Waals surface area contributed by atoms with Crippen molar-refractivity contribution in [3.05, 3.63) is 16.7 Å². The second kappa shape index (κ2) is 6.70. The molecule has 0 aliphatic rings. The molecule has 2 amide bonds. The number of rotatable bonds is 6. The van der Waals surface area contributed by atoms with Crippen LogP contribution in [-0.2, 0) is 16.1 Å². The van der Waals surface area contributed by atoms with E-state index in [2.05, 4.69) is 25.6 Å². The normalized spacial score (nSPS) is 10.6. The van der Waals surface area contributed by atoms with Gasteiger partial charge in [0.15, 0.2) is 11.2 Å². The zero-order chi connectivity index (χ0) is 16.1. The lowest BCUT2D eigenvalue weighted by molar-refractivity contribution is -0.122. The number of anilines is 1. The van der Waals surface area contributed by atoms with Crippen molar-refractivity contribution in [2.75, 3.05) is 18.8 Å². The molecule has 0 aromatic carbocycles. The SMILES string of the molecule is CC(=O)NCCNC(=O)CCn1cnc2c(=O)[nH]c(N)nc21. The fraction of sp³-hybridized carbons (Fsp3) is 0.417. The highest BCUT2D eigenvalue weighted by Crippen LogP contribution is 2.06. The Morgan fingerprint density at radius 1 is 1.36 bits per heavy atom. The molecule has 118 valence electrons. The van der Waals surface area contributed by atoms with Gasteiger partial charge in [-0.15, -0.1) is 0 Å². The van der Waals surface area contributed by atoms with Crippen LogP contribution in [0.3, 0.4) is 0 Å². The molecule has 10 nitrogen and oxygen atoms in total. The smallest absolute Gasteiger partial charge is 0.280 e. The van der Waals surface area contributed by atoms with Gasteiger partial charge in [-0.3, -0.25) is 19.4 Å². The van der Waals surface area contributed by atoms with Crippen molar-refractivity contribution in [1.82, 2.24) is 30.2 Å². The second-order valence-electron chi connectivity index (χ2n) is 4.64. The molecule has 2 rings (SSSR count). The Morgan fingerprint density at radius 2 is 2.09 bits per heavy atom. The first kappa shape index (κ1) is 15.5. The number of hydrogen-bond donors (Lipinski definition) is 4. The van der Waals surface area contributed by atoms with Gasteiger partial charge < -0.3 is 20.9 Å². The number of H-pyrrole nitrogens is 1. The summed E-state index contributed by atoms with van der Waals surface area (Å²) in [7, 11) is 0. The van der Waals surface area contributed by atoms with Crippen LogP contribution in [0.15, 0.2) is 11.1 Å². The Morgan fingerprint density at radius 3 is 2.82 bits per heavy atom. The lowest BCUT2D eigenvalue weighted by Gasteiger charge is -2.06. The fourth-order valence-electron chi connectivity index (χ4n) is 1.89. The summed E-state index contributed by atoms with van der Waals surface area (Å²) in [6, 6.07) is 0. The Hall–Kier alpha value is -2.91. The lowest BCUT2D eigenvalue weighted by atomic mass is 10.4. The molecule has 0 spiro atoms. The van der Waals surface area contributed by atoms with Gasteiger partial charge in [-0.25, -0.2) is 4.98 Å². The van der Waals surface area contributed by atoms with Crippen molar-refractivity contribution in [3.8, 4) is 0 Å². The molecule has 2 heterocycles. The zero-order valence-corrected chi connectivity index (χ0v) is 12.0. The van der Waals surface area contributed by atoms with Crippen LogP contribution in [0, 0.1) is 0 Å². The number of carbonyl (C=O) groups excluding carboxylic acids is 2. The van der Waals surface area contributed by atoms with Crippen LogP contribution in [-0.4, -0.2) is 44.4 Å². The number of nitrogens with one attached hydrogen (secondary N) is 3. The number of amides is 2. The maximum absolute atomic E-state index is 11.7. The molecule has 2 aromatic rings. The number of nitrogen functional groups attached to an aromatic ring is 1. The minimum Gasteiger partial charge on any atom is -0.369 e. The molecule has 10 heteroatoms. The van der Waals surface area contributed by atoms with Gasteiger partial charge >= 0.3 is 0 Å². The fourth-order valence-corrected chi connectivity index (χ4v) is 1.89. The van der Waals surface area contributed by atoms with E-state index in [1.807, 2.05) is 0 Å². The highest BCUT2D eigenvalue weighted by molar-refractivity contribution is 5.76. The topological polar surface area (TPSA) is 148 Å². The van der Waals surface area contributed by atoms with E-state index >= 15 is 0 Å². The molecule has 0 bridgehead atoms. The van der Waals surface area contributed by atoms with E-state index in [9.17, 15) is 14.4 Å². The first-order valence-corrected chi connectivity index (χ1v) is 6.69. The van der Waals surface area contributed by atoms with E-state index < -0.39 is 5.56 Å². The van der Waals surface area contributed by atoms with Crippen molar-refractivity contribution in [2.24, 2.45) is 0 Å². The quantitative estimate of drug-likeness (QED) is 0.470. The van der Waals surface area contributed by atoms with E-state index in [1.54, 1.807) is 4.57 Å². The van der Waals surface area contributed by atoms with Gasteiger partial charge in [-0.1, -0.05) is 0 Å². The number of imidazole rings is 1.